The zero-order valence-corrected chi connectivity index (χ0v) is 9.37. The lowest BCUT2D eigenvalue weighted by atomic mass is 9.96. The van der Waals surface area contributed by atoms with Gasteiger partial charge in [0.25, 0.3) is 0 Å². The Hall–Kier alpha value is -0.850. The maximum atomic E-state index is 4.15. The maximum absolute atomic E-state index is 4.15. The molecule has 0 N–H and O–H groups in total. The minimum absolute atomic E-state index is 0.667. The minimum Gasteiger partial charge on any atom is -0.264 e. The first-order valence-corrected chi connectivity index (χ1v) is 5.74. The van der Waals surface area contributed by atoms with Crippen molar-refractivity contribution in [2.45, 2.75) is 51.9 Å². The predicted molar refractivity (Wildman–Crippen MR) is 61.4 cm³/mol. The summed E-state index contributed by atoms with van der Waals surface area (Å²) in [5.41, 5.74) is 1.38. The Labute approximate surface area is 87.6 Å². The second-order valence-electron chi connectivity index (χ2n) is 4.04. The van der Waals surface area contributed by atoms with Crippen molar-refractivity contribution >= 4 is 0 Å². The molecule has 0 bridgehead atoms. The highest BCUT2D eigenvalue weighted by Crippen LogP contribution is 2.20. The van der Waals surface area contributed by atoms with Gasteiger partial charge in [-0.3, -0.25) is 4.98 Å². The summed E-state index contributed by atoms with van der Waals surface area (Å²) in [6.45, 7) is 4.55. The summed E-state index contributed by atoms with van der Waals surface area (Å²) in [6, 6.07) is 4.20. The lowest BCUT2D eigenvalue weighted by Crippen LogP contribution is -1.94. The highest BCUT2D eigenvalue weighted by Gasteiger charge is 2.03. The molecule has 0 aliphatic rings. The zero-order chi connectivity index (χ0) is 10.2. The highest BCUT2D eigenvalue weighted by atomic mass is 14.6. The van der Waals surface area contributed by atoms with Crippen molar-refractivity contribution in [2.24, 2.45) is 0 Å². The average Bonchev–Trinajstić information content (AvgIpc) is 2.25. The van der Waals surface area contributed by atoms with Crippen LogP contribution in [-0.4, -0.2) is 4.98 Å². The molecule has 0 amide bonds. The second kappa shape index (κ2) is 6.58. The summed E-state index contributed by atoms with van der Waals surface area (Å²) in [7, 11) is 0. The Bertz CT molecular complexity index is 230. The molecule has 0 aliphatic carbocycles. The summed E-state index contributed by atoms with van der Waals surface area (Å²) in [5.74, 6) is 0.667. The van der Waals surface area contributed by atoms with Gasteiger partial charge in [0.2, 0.25) is 0 Å². The number of rotatable bonds is 6. The Balaban J connectivity index is 2.25. The summed E-state index contributed by atoms with van der Waals surface area (Å²) >= 11 is 0. The third kappa shape index (κ3) is 3.91. The molecule has 0 radical (unpaired) electrons. The van der Waals surface area contributed by atoms with Crippen molar-refractivity contribution in [3.63, 3.8) is 0 Å². The van der Waals surface area contributed by atoms with E-state index in [1.165, 1.54) is 37.7 Å². The van der Waals surface area contributed by atoms with E-state index < -0.39 is 0 Å². The van der Waals surface area contributed by atoms with Crippen molar-refractivity contribution < 1.29 is 0 Å². The van der Waals surface area contributed by atoms with Crippen LogP contribution in [0.5, 0.6) is 0 Å². The van der Waals surface area contributed by atoms with Crippen LogP contribution < -0.4 is 0 Å². The first-order valence-electron chi connectivity index (χ1n) is 5.74. The number of nitrogens with zero attached hydrogens (tertiary/aromatic N) is 1. The highest BCUT2D eigenvalue weighted by molar-refractivity contribution is 5.13. The molecule has 1 aromatic rings. The molecular formula is C13H21N. The number of hydrogen-bond donors (Lipinski definition) is 0. The molecule has 1 aromatic heterocycles. The molecular weight excluding hydrogens is 170 g/mol. The molecule has 0 spiro atoms. The van der Waals surface area contributed by atoms with Crippen LogP contribution in [-0.2, 0) is 0 Å². The van der Waals surface area contributed by atoms with Gasteiger partial charge in [-0.05, 0) is 24.0 Å². The van der Waals surface area contributed by atoms with Gasteiger partial charge in [-0.25, -0.2) is 0 Å². The summed E-state index contributed by atoms with van der Waals surface area (Å²) in [5, 5.41) is 0. The lowest BCUT2D eigenvalue weighted by molar-refractivity contribution is 0.579. The van der Waals surface area contributed by atoms with Crippen LogP contribution in [0.2, 0.25) is 0 Å². The third-order valence-electron chi connectivity index (χ3n) is 2.74. The van der Waals surface area contributed by atoms with Gasteiger partial charge in [0.15, 0.2) is 0 Å². The van der Waals surface area contributed by atoms with E-state index in [4.69, 9.17) is 0 Å². The number of aromatic nitrogens is 1. The van der Waals surface area contributed by atoms with Gasteiger partial charge >= 0.3 is 0 Å². The van der Waals surface area contributed by atoms with Gasteiger partial charge in [-0.1, -0.05) is 45.6 Å². The van der Waals surface area contributed by atoms with E-state index in [9.17, 15) is 0 Å². The molecule has 78 valence electrons. The Morgan fingerprint density at radius 2 is 2.14 bits per heavy atom. The zero-order valence-electron chi connectivity index (χ0n) is 9.37. The molecule has 1 nitrogen and oxygen atoms in total. The van der Waals surface area contributed by atoms with Crippen LogP contribution in [0, 0.1) is 0 Å². The largest absolute Gasteiger partial charge is 0.264 e. The fraction of sp³-hybridized carbons (Fsp3) is 0.615. The summed E-state index contributed by atoms with van der Waals surface area (Å²) < 4.78 is 0. The van der Waals surface area contributed by atoms with Crippen LogP contribution in [0.1, 0.15) is 57.4 Å². The summed E-state index contributed by atoms with van der Waals surface area (Å²) in [4.78, 5) is 4.15. The lowest BCUT2D eigenvalue weighted by Gasteiger charge is -2.10. The molecule has 0 aliphatic heterocycles. The van der Waals surface area contributed by atoms with E-state index in [0.29, 0.717) is 5.92 Å². The molecule has 0 aromatic carbocycles. The summed E-state index contributed by atoms with van der Waals surface area (Å²) in [6.07, 6.45) is 10.6. The van der Waals surface area contributed by atoms with E-state index in [2.05, 4.69) is 24.9 Å². The van der Waals surface area contributed by atoms with Gasteiger partial charge < -0.3 is 0 Å². The molecule has 1 heterocycles. The quantitative estimate of drug-likeness (QED) is 0.615. The van der Waals surface area contributed by atoms with Gasteiger partial charge in [0.05, 0.1) is 0 Å². The normalized spacial score (nSPS) is 12.7. The van der Waals surface area contributed by atoms with Crippen LogP contribution >= 0.6 is 0 Å². The Kier molecular flexibility index (Phi) is 5.28. The van der Waals surface area contributed by atoms with Crippen molar-refractivity contribution in [2.75, 3.05) is 0 Å². The second-order valence-corrected chi connectivity index (χ2v) is 4.04. The van der Waals surface area contributed by atoms with Gasteiger partial charge in [-0.2, -0.15) is 0 Å². The monoisotopic (exact) mass is 191 g/mol. The van der Waals surface area contributed by atoms with E-state index in [0.717, 1.165) is 0 Å². The first kappa shape index (κ1) is 11.2. The van der Waals surface area contributed by atoms with Crippen LogP contribution in [0.3, 0.4) is 0 Å². The molecule has 1 atom stereocenters. The molecule has 1 unspecified atom stereocenters. The van der Waals surface area contributed by atoms with Crippen LogP contribution in [0.15, 0.2) is 24.5 Å². The number of pyridine rings is 1. The predicted octanol–water partition coefficient (Wildman–Crippen LogP) is 4.16. The van der Waals surface area contributed by atoms with E-state index in [1.807, 2.05) is 18.5 Å². The average molecular weight is 191 g/mol. The molecule has 14 heavy (non-hydrogen) atoms. The molecule has 1 heteroatoms. The van der Waals surface area contributed by atoms with E-state index in [-0.39, 0.29) is 0 Å². The third-order valence-corrected chi connectivity index (χ3v) is 2.74. The molecule has 1 rings (SSSR count). The number of unbranched alkanes of at least 4 members (excludes halogenated alkanes) is 3. The van der Waals surface area contributed by atoms with Crippen molar-refractivity contribution in [1.29, 1.82) is 0 Å². The fourth-order valence-corrected chi connectivity index (χ4v) is 1.71. The van der Waals surface area contributed by atoms with Crippen LogP contribution in [0.25, 0.3) is 0 Å². The molecule has 0 saturated heterocycles. The van der Waals surface area contributed by atoms with Gasteiger partial charge in [-0.15, -0.1) is 0 Å². The first-order chi connectivity index (χ1) is 6.84. The SMILES string of the molecule is CCCCCCC(C)c1cccnc1. The maximum Gasteiger partial charge on any atom is 0.0302 e. The smallest absolute Gasteiger partial charge is 0.0302 e. The van der Waals surface area contributed by atoms with E-state index >= 15 is 0 Å². The van der Waals surface area contributed by atoms with Crippen LogP contribution in [0.4, 0.5) is 0 Å². The minimum atomic E-state index is 0.667. The Morgan fingerprint density at radius 1 is 1.29 bits per heavy atom. The van der Waals surface area contributed by atoms with Crippen molar-refractivity contribution in [3.05, 3.63) is 30.1 Å². The number of hydrogen-bond acceptors (Lipinski definition) is 1. The topological polar surface area (TPSA) is 12.9 Å². The van der Waals surface area contributed by atoms with E-state index in [1.54, 1.807) is 0 Å². The Morgan fingerprint density at radius 3 is 2.79 bits per heavy atom. The molecule has 0 saturated carbocycles. The van der Waals surface area contributed by atoms with Crippen molar-refractivity contribution in [3.8, 4) is 0 Å². The standard InChI is InChI=1S/C13H21N/c1-3-4-5-6-8-12(2)13-9-7-10-14-11-13/h7,9-12H,3-6,8H2,1-2H3. The molecule has 0 fully saturated rings. The fourth-order valence-electron chi connectivity index (χ4n) is 1.71. The van der Waals surface area contributed by atoms with Crippen molar-refractivity contribution in [1.82, 2.24) is 4.98 Å². The van der Waals surface area contributed by atoms with Gasteiger partial charge in [0.1, 0.15) is 0 Å². The van der Waals surface area contributed by atoms with Gasteiger partial charge in [0, 0.05) is 12.4 Å².